The van der Waals surface area contributed by atoms with Gasteiger partial charge in [-0.2, -0.15) is 5.10 Å². The molecule has 0 bridgehead atoms. The van der Waals surface area contributed by atoms with Gasteiger partial charge in [-0.05, 0) is 49.9 Å². The molecule has 2 aromatic carbocycles. The summed E-state index contributed by atoms with van der Waals surface area (Å²) in [7, 11) is 0. The smallest absolute Gasteiger partial charge is 0.227 e. The van der Waals surface area contributed by atoms with E-state index in [1.165, 1.54) is 0 Å². The number of nitrogens with one attached hydrogen (secondary N) is 1. The molecule has 6 heteroatoms. The van der Waals surface area contributed by atoms with Crippen molar-refractivity contribution in [2.75, 3.05) is 11.6 Å². The quantitative estimate of drug-likeness (QED) is 0.464. The maximum atomic E-state index is 4.80. The number of hydrogen-bond donors (Lipinski definition) is 1. The Hall–Kier alpha value is -3.12. The molecule has 0 saturated carbocycles. The highest BCUT2D eigenvalue weighted by atomic mass is 32.2. The lowest BCUT2D eigenvalue weighted by atomic mass is 10.2. The van der Waals surface area contributed by atoms with Gasteiger partial charge in [0.25, 0.3) is 0 Å². The molecule has 5 nitrogen and oxygen atoms in total. The summed E-state index contributed by atoms with van der Waals surface area (Å²) in [4.78, 5) is 9.16. The summed E-state index contributed by atoms with van der Waals surface area (Å²) < 4.78 is 1.97. The number of hydrogen-bond acceptors (Lipinski definition) is 5. The van der Waals surface area contributed by atoms with Crippen molar-refractivity contribution < 1.29 is 0 Å². The van der Waals surface area contributed by atoms with Crippen molar-refractivity contribution in [2.24, 2.45) is 0 Å². The highest BCUT2D eigenvalue weighted by molar-refractivity contribution is 7.98. The lowest BCUT2D eigenvalue weighted by molar-refractivity contribution is 0.814. The molecule has 0 saturated heterocycles. The molecule has 0 aliphatic heterocycles. The molecule has 0 aliphatic carbocycles. The Morgan fingerprint density at radius 1 is 0.929 bits per heavy atom. The molecule has 2 heterocycles. The van der Waals surface area contributed by atoms with E-state index in [2.05, 4.69) is 42.3 Å². The molecule has 0 fully saturated rings. The largest absolute Gasteiger partial charge is 0.324 e. The number of aryl methyl sites for hydroxylation is 1. The van der Waals surface area contributed by atoms with Crippen molar-refractivity contribution >= 4 is 23.4 Å². The summed E-state index contributed by atoms with van der Waals surface area (Å²) in [5.41, 5.74) is 6.13. The van der Waals surface area contributed by atoms with Crippen molar-refractivity contribution in [3.63, 3.8) is 0 Å². The molecule has 2 aromatic heterocycles. The number of para-hydroxylation sites is 2. The van der Waals surface area contributed by atoms with Crippen LogP contribution in [0.4, 0.5) is 11.6 Å². The van der Waals surface area contributed by atoms with Crippen molar-refractivity contribution in [1.82, 2.24) is 19.7 Å². The molecule has 0 unspecified atom stereocenters. The van der Waals surface area contributed by atoms with E-state index in [0.29, 0.717) is 5.95 Å². The first-order valence-electron chi connectivity index (χ1n) is 9.02. The normalized spacial score (nSPS) is 10.8. The molecular weight excluding hydrogens is 366 g/mol. The van der Waals surface area contributed by atoms with E-state index in [1.54, 1.807) is 18.0 Å². The van der Waals surface area contributed by atoms with Crippen LogP contribution in [-0.2, 0) is 0 Å². The molecule has 28 heavy (non-hydrogen) atoms. The van der Waals surface area contributed by atoms with Crippen LogP contribution in [-0.4, -0.2) is 26.0 Å². The monoisotopic (exact) mass is 387 g/mol. The Kier molecular flexibility index (Phi) is 5.12. The van der Waals surface area contributed by atoms with Crippen LogP contribution in [0.3, 0.4) is 0 Å². The molecule has 0 atom stereocenters. The molecule has 4 aromatic rings. The second-order valence-corrected chi connectivity index (χ2v) is 7.22. The first-order chi connectivity index (χ1) is 13.7. The number of thioether (sulfide) groups is 1. The fourth-order valence-electron chi connectivity index (χ4n) is 3.13. The lowest BCUT2D eigenvalue weighted by Gasteiger charge is -2.09. The Morgan fingerprint density at radius 3 is 2.43 bits per heavy atom. The number of rotatable bonds is 5. The summed E-state index contributed by atoms with van der Waals surface area (Å²) in [6.07, 6.45) is 3.82. The van der Waals surface area contributed by atoms with E-state index in [9.17, 15) is 0 Å². The zero-order chi connectivity index (χ0) is 19.5. The Bertz CT molecular complexity index is 1110. The van der Waals surface area contributed by atoms with Crippen LogP contribution in [0.5, 0.6) is 0 Å². The van der Waals surface area contributed by atoms with Crippen LogP contribution >= 0.6 is 11.8 Å². The number of aromatic nitrogens is 4. The van der Waals surface area contributed by atoms with Gasteiger partial charge in [-0.25, -0.2) is 14.6 Å². The predicted molar refractivity (Wildman–Crippen MR) is 116 cm³/mol. The van der Waals surface area contributed by atoms with Gasteiger partial charge in [0.15, 0.2) is 0 Å². The van der Waals surface area contributed by atoms with Crippen LogP contribution in [0.15, 0.2) is 71.9 Å². The Balaban J connectivity index is 1.75. The van der Waals surface area contributed by atoms with Crippen LogP contribution in [0.25, 0.3) is 16.9 Å². The zero-order valence-corrected chi connectivity index (χ0v) is 16.9. The van der Waals surface area contributed by atoms with Gasteiger partial charge in [0.2, 0.25) is 5.95 Å². The van der Waals surface area contributed by atoms with Gasteiger partial charge in [0, 0.05) is 11.9 Å². The lowest BCUT2D eigenvalue weighted by Crippen LogP contribution is -2.00. The summed E-state index contributed by atoms with van der Waals surface area (Å²) in [6.45, 7) is 4.14. The standard InChI is InChI=1S/C22H21N5S/c1-15-9-7-8-12-18(15)24-22-23-14-13-19(25-22)20-16(2)27(26-21(20)28-3)17-10-5-4-6-11-17/h4-14H,1-3H3,(H,23,24,25). The van der Waals surface area contributed by atoms with Crippen molar-refractivity contribution in [3.05, 3.63) is 78.1 Å². The van der Waals surface area contributed by atoms with Gasteiger partial charge in [-0.1, -0.05) is 36.4 Å². The number of anilines is 2. The zero-order valence-electron chi connectivity index (χ0n) is 16.0. The van der Waals surface area contributed by atoms with Crippen LogP contribution < -0.4 is 5.32 Å². The third-order valence-corrected chi connectivity index (χ3v) is 5.25. The number of nitrogens with zero attached hydrogens (tertiary/aromatic N) is 4. The third kappa shape index (κ3) is 3.51. The van der Waals surface area contributed by atoms with E-state index in [4.69, 9.17) is 10.1 Å². The van der Waals surface area contributed by atoms with E-state index in [0.717, 1.165) is 38.9 Å². The average Bonchev–Trinajstić information content (AvgIpc) is 3.07. The molecule has 4 rings (SSSR count). The summed E-state index contributed by atoms with van der Waals surface area (Å²) >= 11 is 1.62. The summed E-state index contributed by atoms with van der Waals surface area (Å²) in [5.74, 6) is 0.575. The predicted octanol–water partition coefficient (Wildman–Crippen LogP) is 5.41. The van der Waals surface area contributed by atoms with Crippen molar-refractivity contribution in [1.29, 1.82) is 0 Å². The fourth-order valence-corrected chi connectivity index (χ4v) is 3.75. The second-order valence-electron chi connectivity index (χ2n) is 6.42. The van der Waals surface area contributed by atoms with Gasteiger partial charge in [-0.15, -0.1) is 11.8 Å². The highest BCUT2D eigenvalue weighted by Gasteiger charge is 2.18. The molecule has 0 radical (unpaired) electrons. The maximum Gasteiger partial charge on any atom is 0.227 e. The molecule has 140 valence electrons. The minimum atomic E-state index is 0.575. The van der Waals surface area contributed by atoms with Crippen LogP contribution in [0.2, 0.25) is 0 Å². The second kappa shape index (κ2) is 7.86. The van der Waals surface area contributed by atoms with Crippen molar-refractivity contribution in [3.8, 4) is 16.9 Å². The van der Waals surface area contributed by atoms with Gasteiger partial charge < -0.3 is 5.32 Å². The van der Waals surface area contributed by atoms with Gasteiger partial charge in [0.05, 0.1) is 22.6 Å². The van der Waals surface area contributed by atoms with Gasteiger partial charge in [-0.3, -0.25) is 0 Å². The molecule has 0 spiro atoms. The molecular formula is C22H21N5S. The molecule has 0 amide bonds. The van der Waals surface area contributed by atoms with E-state index in [-0.39, 0.29) is 0 Å². The molecule has 0 aliphatic rings. The van der Waals surface area contributed by atoms with Gasteiger partial charge >= 0.3 is 0 Å². The Labute approximate surface area is 168 Å². The first kappa shape index (κ1) is 18.3. The van der Waals surface area contributed by atoms with E-state index < -0.39 is 0 Å². The van der Waals surface area contributed by atoms with E-state index >= 15 is 0 Å². The minimum Gasteiger partial charge on any atom is -0.324 e. The minimum absolute atomic E-state index is 0.575. The van der Waals surface area contributed by atoms with Crippen LogP contribution in [0, 0.1) is 13.8 Å². The first-order valence-corrected chi connectivity index (χ1v) is 10.2. The average molecular weight is 388 g/mol. The van der Waals surface area contributed by atoms with Gasteiger partial charge in [0.1, 0.15) is 5.03 Å². The fraction of sp³-hybridized carbons (Fsp3) is 0.136. The summed E-state index contributed by atoms with van der Waals surface area (Å²) in [5, 5.41) is 9.07. The maximum absolute atomic E-state index is 4.80. The number of benzene rings is 2. The summed E-state index contributed by atoms with van der Waals surface area (Å²) in [6, 6.07) is 20.2. The van der Waals surface area contributed by atoms with Crippen molar-refractivity contribution in [2.45, 2.75) is 18.9 Å². The van der Waals surface area contributed by atoms with Crippen LogP contribution in [0.1, 0.15) is 11.3 Å². The SMILES string of the molecule is CSc1nn(-c2ccccc2)c(C)c1-c1ccnc(Nc2ccccc2C)n1. The van der Waals surface area contributed by atoms with E-state index in [1.807, 2.05) is 53.4 Å². The highest BCUT2D eigenvalue weighted by Crippen LogP contribution is 2.33. The third-order valence-electron chi connectivity index (χ3n) is 4.58. The Morgan fingerprint density at radius 2 is 1.68 bits per heavy atom. The molecule has 1 N–H and O–H groups in total. The topological polar surface area (TPSA) is 55.6 Å².